The molecule has 0 bridgehead atoms. The van der Waals surface area contributed by atoms with E-state index < -0.39 is 5.60 Å². The predicted octanol–water partition coefficient (Wildman–Crippen LogP) is 3.76. The molecule has 4 aromatic heterocycles. The van der Waals surface area contributed by atoms with Crippen LogP contribution in [-0.4, -0.2) is 53.3 Å². The quantitative estimate of drug-likeness (QED) is 0.391. The van der Waals surface area contributed by atoms with Gasteiger partial charge in [-0.05, 0) is 38.0 Å². The summed E-state index contributed by atoms with van der Waals surface area (Å²) in [6.07, 6.45) is 11.0. The third-order valence-electron chi connectivity index (χ3n) is 6.12. The number of pyridine rings is 1. The lowest BCUT2D eigenvalue weighted by Crippen LogP contribution is -2.46. The number of nitrogens with one attached hydrogen (secondary N) is 2. The summed E-state index contributed by atoms with van der Waals surface area (Å²) in [4.78, 5) is 16.1. The number of H-pyrrole nitrogens is 1. The summed E-state index contributed by atoms with van der Waals surface area (Å²) in [6, 6.07) is 10.1. The first-order valence-corrected chi connectivity index (χ1v) is 11.0. The summed E-state index contributed by atoms with van der Waals surface area (Å²) in [5.41, 5.74) is 3.65. The summed E-state index contributed by atoms with van der Waals surface area (Å²) in [7, 11) is 0. The number of anilines is 3. The minimum absolute atomic E-state index is 0.589. The number of aromatic nitrogens is 6. The number of imidazole rings is 1. The highest BCUT2D eigenvalue weighted by molar-refractivity contribution is 5.84. The fraction of sp³-hybridized carbons (Fsp3) is 0.250. The SMILES string of the molecule is C[C@@]1(O)CCCN(c2ccc(Nc3nc(-c4ccc5cn[nH]c5c4)cn4ccnc34)cn2)C1. The van der Waals surface area contributed by atoms with Crippen LogP contribution in [0.15, 0.2) is 61.3 Å². The van der Waals surface area contributed by atoms with Crippen molar-refractivity contribution in [2.75, 3.05) is 23.3 Å². The van der Waals surface area contributed by atoms with Crippen LogP contribution in [0.25, 0.3) is 27.8 Å². The van der Waals surface area contributed by atoms with E-state index in [1.165, 1.54) is 0 Å². The lowest BCUT2D eigenvalue weighted by molar-refractivity contribution is 0.0447. The van der Waals surface area contributed by atoms with Gasteiger partial charge in [0.25, 0.3) is 0 Å². The minimum atomic E-state index is -0.674. The van der Waals surface area contributed by atoms with Crippen LogP contribution in [0.1, 0.15) is 19.8 Å². The maximum absolute atomic E-state index is 10.4. The van der Waals surface area contributed by atoms with Gasteiger partial charge in [0.2, 0.25) is 0 Å². The number of fused-ring (bicyclic) bond motifs is 2. The molecular formula is C24H24N8O. The Kier molecular flexibility index (Phi) is 4.51. The number of hydrogen-bond acceptors (Lipinski definition) is 7. The van der Waals surface area contributed by atoms with Crippen LogP contribution in [0.2, 0.25) is 0 Å². The van der Waals surface area contributed by atoms with Crippen molar-refractivity contribution in [1.82, 2.24) is 29.5 Å². The molecule has 9 nitrogen and oxygen atoms in total. The van der Waals surface area contributed by atoms with Gasteiger partial charge in [-0.15, -0.1) is 0 Å². The van der Waals surface area contributed by atoms with Crippen molar-refractivity contribution in [2.24, 2.45) is 0 Å². The molecule has 1 fully saturated rings. The predicted molar refractivity (Wildman–Crippen MR) is 128 cm³/mol. The number of aliphatic hydroxyl groups is 1. The van der Waals surface area contributed by atoms with Gasteiger partial charge in [0.1, 0.15) is 5.82 Å². The molecule has 0 unspecified atom stereocenters. The van der Waals surface area contributed by atoms with Crippen LogP contribution in [-0.2, 0) is 0 Å². The van der Waals surface area contributed by atoms with Crippen molar-refractivity contribution in [3.05, 3.63) is 61.3 Å². The lowest BCUT2D eigenvalue weighted by atomic mass is 9.95. The molecule has 1 saturated heterocycles. The molecule has 33 heavy (non-hydrogen) atoms. The maximum Gasteiger partial charge on any atom is 0.180 e. The molecule has 5 aromatic rings. The van der Waals surface area contributed by atoms with E-state index in [4.69, 9.17) is 4.98 Å². The minimum Gasteiger partial charge on any atom is -0.388 e. The van der Waals surface area contributed by atoms with Gasteiger partial charge in [-0.3, -0.25) is 5.10 Å². The smallest absolute Gasteiger partial charge is 0.180 e. The topological polar surface area (TPSA) is 107 Å². The third-order valence-corrected chi connectivity index (χ3v) is 6.12. The number of aromatic amines is 1. The Hall–Kier alpha value is -3.98. The van der Waals surface area contributed by atoms with E-state index in [1.54, 1.807) is 18.6 Å². The molecule has 5 heterocycles. The number of β-amino-alcohol motifs (C(OH)–C–C–N with tert-alkyl or cyclic N) is 1. The third kappa shape index (κ3) is 3.76. The van der Waals surface area contributed by atoms with E-state index in [0.717, 1.165) is 58.7 Å². The van der Waals surface area contributed by atoms with Gasteiger partial charge in [0, 0.05) is 42.6 Å². The molecule has 3 N–H and O–H groups in total. The van der Waals surface area contributed by atoms with Crippen LogP contribution in [0.5, 0.6) is 0 Å². The standard InChI is InChI=1S/C24H24N8O/c1-24(33)7-2-9-32(15-24)21-6-5-18(13-26-21)28-22-23-25-8-10-31(23)14-20(29-22)16-3-4-17-12-27-30-19(17)11-16/h3-6,8,10-14,33H,2,7,9,15H2,1H3,(H,27,30)(H,28,29)/t24-/m1/s1. The van der Waals surface area contributed by atoms with Crippen LogP contribution in [0, 0.1) is 0 Å². The van der Waals surface area contributed by atoms with Crippen LogP contribution < -0.4 is 10.2 Å². The van der Waals surface area contributed by atoms with Crippen molar-refractivity contribution in [3.8, 4) is 11.3 Å². The van der Waals surface area contributed by atoms with E-state index in [2.05, 4.69) is 30.4 Å². The first-order valence-electron chi connectivity index (χ1n) is 11.0. The molecule has 0 aliphatic carbocycles. The number of nitrogens with zero attached hydrogens (tertiary/aromatic N) is 6. The van der Waals surface area contributed by atoms with Crippen LogP contribution >= 0.6 is 0 Å². The molecule has 0 saturated carbocycles. The van der Waals surface area contributed by atoms with Crippen molar-refractivity contribution in [2.45, 2.75) is 25.4 Å². The van der Waals surface area contributed by atoms with E-state index in [1.807, 2.05) is 54.0 Å². The Morgan fingerprint density at radius 2 is 2.09 bits per heavy atom. The summed E-state index contributed by atoms with van der Waals surface area (Å²) in [5, 5.41) is 21.9. The second-order valence-corrected chi connectivity index (χ2v) is 8.86. The average molecular weight is 441 g/mol. The average Bonchev–Trinajstić information content (AvgIpc) is 3.48. The first kappa shape index (κ1) is 19.7. The van der Waals surface area contributed by atoms with Crippen LogP contribution in [0.4, 0.5) is 17.3 Å². The Morgan fingerprint density at radius 1 is 1.15 bits per heavy atom. The highest BCUT2D eigenvalue weighted by Crippen LogP contribution is 2.28. The summed E-state index contributed by atoms with van der Waals surface area (Å²) in [5.74, 6) is 1.51. The van der Waals surface area contributed by atoms with E-state index in [9.17, 15) is 5.11 Å². The summed E-state index contributed by atoms with van der Waals surface area (Å²) in [6.45, 7) is 3.37. The molecular weight excluding hydrogens is 416 g/mol. The molecule has 0 amide bonds. The second-order valence-electron chi connectivity index (χ2n) is 8.86. The van der Waals surface area contributed by atoms with Crippen molar-refractivity contribution in [3.63, 3.8) is 0 Å². The molecule has 6 rings (SSSR count). The normalized spacial score (nSPS) is 18.8. The van der Waals surface area contributed by atoms with Gasteiger partial charge >= 0.3 is 0 Å². The van der Waals surface area contributed by atoms with Crippen molar-refractivity contribution in [1.29, 1.82) is 0 Å². The van der Waals surface area contributed by atoms with Gasteiger partial charge < -0.3 is 19.7 Å². The Bertz CT molecular complexity index is 1440. The van der Waals surface area contributed by atoms with E-state index in [-0.39, 0.29) is 0 Å². The molecule has 166 valence electrons. The van der Waals surface area contributed by atoms with E-state index in [0.29, 0.717) is 12.4 Å². The Balaban J connectivity index is 1.31. The molecule has 9 heteroatoms. The highest BCUT2D eigenvalue weighted by Gasteiger charge is 2.28. The molecule has 1 aliphatic heterocycles. The molecule has 0 spiro atoms. The first-order chi connectivity index (χ1) is 16.0. The zero-order valence-corrected chi connectivity index (χ0v) is 18.2. The molecule has 1 aliphatic rings. The number of piperidine rings is 1. The second kappa shape index (κ2) is 7.56. The lowest BCUT2D eigenvalue weighted by Gasteiger charge is -2.37. The Labute approximate surface area is 190 Å². The van der Waals surface area contributed by atoms with Gasteiger partial charge in [-0.1, -0.05) is 12.1 Å². The fourth-order valence-corrected chi connectivity index (χ4v) is 4.45. The van der Waals surface area contributed by atoms with Gasteiger partial charge in [0.15, 0.2) is 11.5 Å². The van der Waals surface area contributed by atoms with Crippen molar-refractivity contribution < 1.29 is 5.11 Å². The molecule has 1 atom stereocenters. The van der Waals surface area contributed by atoms with Gasteiger partial charge in [-0.25, -0.2) is 15.0 Å². The monoisotopic (exact) mass is 440 g/mol. The van der Waals surface area contributed by atoms with E-state index >= 15 is 0 Å². The number of rotatable bonds is 4. The number of benzene rings is 1. The zero-order valence-electron chi connectivity index (χ0n) is 18.2. The maximum atomic E-state index is 10.4. The van der Waals surface area contributed by atoms with Gasteiger partial charge in [0.05, 0.1) is 34.9 Å². The summed E-state index contributed by atoms with van der Waals surface area (Å²) < 4.78 is 1.96. The van der Waals surface area contributed by atoms with Gasteiger partial charge in [-0.2, -0.15) is 5.10 Å². The molecule has 1 aromatic carbocycles. The Morgan fingerprint density at radius 3 is 2.94 bits per heavy atom. The summed E-state index contributed by atoms with van der Waals surface area (Å²) >= 11 is 0. The zero-order chi connectivity index (χ0) is 22.4. The number of hydrogen-bond donors (Lipinski definition) is 3. The fourth-order valence-electron chi connectivity index (χ4n) is 4.45. The van der Waals surface area contributed by atoms with Crippen molar-refractivity contribution >= 4 is 33.9 Å². The largest absolute Gasteiger partial charge is 0.388 e. The molecule has 0 radical (unpaired) electrons. The van der Waals surface area contributed by atoms with Crippen LogP contribution in [0.3, 0.4) is 0 Å². The highest BCUT2D eigenvalue weighted by atomic mass is 16.3.